The number of carbonyl (C=O) groups excluding carboxylic acids is 1. The van der Waals surface area contributed by atoms with Crippen LogP contribution in [0, 0.1) is 6.42 Å². The zero-order chi connectivity index (χ0) is 7.68. The van der Waals surface area contributed by atoms with Crippen LogP contribution >= 0.6 is 11.8 Å². The van der Waals surface area contributed by atoms with Crippen molar-refractivity contribution in [3.8, 4) is 0 Å². The molecule has 0 spiro atoms. The second-order valence-corrected chi connectivity index (χ2v) is 3.48. The van der Waals surface area contributed by atoms with Gasteiger partial charge in [-0.3, -0.25) is 4.79 Å². The van der Waals surface area contributed by atoms with Gasteiger partial charge in [0.15, 0.2) is 5.12 Å². The summed E-state index contributed by atoms with van der Waals surface area (Å²) >= 11 is 1.32. The Morgan fingerprint density at radius 2 is 2.09 bits per heavy atom. The van der Waals surface area contributed by atoms with Crippen molar-refractivity contribution in [3.63, 3.8) is 0 Å². The number of thioether (sulfide) groups is 1. The third-order valence-electron chi connectivity index (χ3n) is 1.67. The lowest BCUT2D eigenvalue weighted by Crippen LogP contribution is -2.04. The Hall–Kier alpha value is -0.760. The lowest BCUT2D eigenvalue weighted by Gasteiger charge is -2.11. The van der Waals surface area contributed by atoms with Crippen LogP contribution in [-0.2, 0) is 11.2 Å². The molecule has 0 aliphatic carbocycles. The molecule has 2 heteroatoms. The second kappa shape index (κ2) is 2.70. The third kappa shape index (κ3) is 1.31. The molecule has 1 aromatic carbocycles. The number of hydrogen-bond donors (Lipinski definition) is 0. The van der Waals surface area contributed by atoms with Crippen LogP contribution in [-0.4, -0.2) is 5.12 Å². The first kappa shape index (κ1) is 6.92. The van der Waals surface area contributed by atoms with E-state index in [1.54, 1.807) is 6.42 Å². The van der Waals surface area contributed by atoms with Gasteiger partial charge in [-0.05, 0) is 18.1 Å². The molecule has 0 bridgehead atoms. The first-order valence-corrected chi connectivity index (χ1v) is 4.31. The summed E-state index contributed by atoms with van der Waals surface area (Å²) < 4.78 is 0. The minimum atomic E-state index is 0.170. The molecule has 1 aliphatic rings. The molecule has 2 rings (SSSR count). The van der Waals surface area contributed by atoms with Crippen LogP contribution in [0.15, 0.2) is 29.2 Å². The van der Waals surface area contributed by atoms with Crippen LogP contribution in [0.3, 0.4) is 0 Å². The van der Waals surface area contributed by atoms with Gasteiger partial charge in [0, 0.05) is 11.3 Å². The molecule has 0 unspecified atom stereocenters. The van der Waals surface area contributed by atoms with Crippen molar-refractivity contribution in [2.45, 2.75) is 11.3 Å². The topological polar surface area (TPSA) is 17.1 Å². The highest BCUT2D eigenvalue weighted by Crippen LogP contribution is 2.29. The molecule has 1 nitrogen and oxygen atoms in total. The molecule has 1 heterocycles. The van der Waals surface area contributed by atoms with Crippen molar-refractivity contribution in [2.24, 2.45) is 0 Å². The first-order valence-electron chi connectivity index (χ1n) is 3.49. The Balaban J connectivity index is 2.41. The van der Waals surface area contributed by atoms with Gasteiger partial charge in [0.25, 0.3) is 0 Å². The molecule has 0 aromatic heterocycles. The van der Waals surface area contributed by atoms with Gasteiger partial charge in [0.2, 0.25) is 0 Å². The highest BCUT2D eigenvalue weighted by Gasteiger charge is 2.14. The lowest BCUT2D eigenvalue weighted by atomic mass is 10.1. The van der Waals surface area contributed by atoms with Crippen LogP contribution in [0.4, 0.5) is 0 Å². The number of carbonyl (C=O) groups is 1. The molecular formula is C9H7OS. The SMILES string of the molecule is O=C1[CH]Cc2ccccc2S1. The van der Waals surface area contributed by atoms with Gasteiger partial charge < -0.3 is 0 Å². The fraction of sp³-hybridized carbons (Fsp3) is 0.111. The minimum Gasteiger partial charge on any atom is -0.286 e. The highest BCUT2D eigenvalue weighted by molar-refractivity contribution is 8.14. The predicted octanol–water partition coefficient (Wildman–Crippen LogP) is 2.07. The maximum atomic E-state index is 10.9. The Kier molecular flexibility index (Phi) is 1.70. The van der Waals surface area contributed by atoms with Gasteiger partial charge >= 0.3 is 0 Å². The third-order valence-corrected chi connectivity index (χ3v) is 2.66. The molecule has 0 atom stereocenters. The van der Waals surface area contributed by atoms with E-state index in [9.17, 15) is 4.79 Å². The van der Waals surface area contributed by atoms with E-state index in [1.165, 1.54) is 17.3 Å². The van der Waals surface area contributed by atoms with Crippen molar-refractivity contribution in [1.29, 1.82) is 0 Å². The molecule has 0 amide bonds. The predicted molar refractivity (Wildman–Crippen MR) is 45.3 cm³/mol. The Morgan fingerprint density at radius 1 is 1.27 bits per heavy atom. The second-order valence-electron chi connectivity index (χ2n) is 2.44. The zero-order valence-corrected chi connectivity index (χ0v) is 6.73. The summed E-state index contributed by atoms with van der Waals surface area (Å²) in [7, 11) is 0. The van der Waals surface area contributed by atoms with E-state index >= 15 is 0 Å². The summed E-state index contributed by atoms with van der Waals surface area (Å²) in [6.45, 7) is 0. The summed E-state index contributed by atoms with van der Waals surface area (Å²) in [6.07, 6.45) is 2.52. The summed E-state index contributed by atoms with van der Waals surface area (Å²) in [4.78, 5) is 12.0. The van der Waals surface area contributed by atoms with E-state index in [1.807, 2.05) is 18.2 Å². The highest BCUT2D eigenvalue weighted by atomic mass is 32.2. The molecule has 1 aromatic rings. The maximum Gasteiger partial charge on any atom is 0.197 e. The fourth-order valence-electron chi connectivity index (χ4n) is 1.12. The van der Waals surface area contributed by atoms with E-state index in [0.29, 0.717) is 0 Å². The Labute approximate surface area is 69.8 Å². The maximum absolute atomic E-state index is 10.9. The summed E-state index contributed by atoms with van der Waals surface area (Å²) in [5, 5.41) is 0.170. The van der Waals surface area contributed by atoms with Crippen LogP contribution in [0.1, 0.15) is 5.56 Å². The number of rotatable bonds is 0. The minimum absolute atomic E-state index is 0.170. The largest absolute Gasteiger partial charge is 0.286 e. The molecule has 1 aliphatic heterocycles. The van der Waals surface area contributed by atoms with Gasteiger partial charge in [-0.1, -0.05) is 30.0 Å². The van der Waals surface area contributed by atoms with Crippen molar-refractivity contribution < 1.29 is 4.79 Å². The van der Waals surface area contributed by atoms with Crippen molar-refractivity contribution in [2.75, 3.05) is 0 Å². The molecular weight excluding hydrogens is 156 g/mol. The van der Waals surface area contributed by atoms with Crippen LogP contribution in [0.25, 0.3) is 0 Å². The van der Waals surface area contributed by atoms with Crippen LogP contribution in [0.5, 0.6) is 0 Å². The standard InChI is InChI=1S/C9H7OS/c10-9-6-5-7-3-1-2-4-8(7)11-9/h1-4,6H,5H2. The first-order chi connectivity index (χ1) is 5.36. The molecule has 0 fully saturated rings. The number of hydrogen-bond acceptors (Lipinski definition) is 2. The van der Waals surface area contributed by atoms with Gasteiger partial charge in [-0.2, -0.15) is 0 Å². The zero-order valence-electron chi connectivity index (χ0n) is 5.91. The molecule has 55 valence electrons. The summed E-state index contributed by atoms with van der Waals surface area (Å²) in [5.41, 5.74) is 1.26. The van der Waals surface area contributed by atoms with E-state index in [0.717, 1.165) is 11.3 Å². The average molecular weight is 163 g/mol. The van der Waals surface area contributed by atoms with Crippen molar-refractivity contribution in [1.82, 2.24) is 0 Å². The van der Waals surface area contributed by atoms with Crippen molar-refractivity contribution in [3.05, 3.63) is 36.2 Å². The van der Waals surface area contributed by atoms with Gasteiger partial charge in [-0.15, -0.1) is 0 Å². The Bertz CT molecular complexity index is 293. The van der Waals surface area contributed by atoms with Crippen LogP contribution < -0.4 is 0 Å². The normalized spacial score (nSPS) is 16.2. The van der Waals surface area contributed by atoms with Crippen molar-refractivity contribution >= 4 is 16.9 Å². The molecule has 0 N–H and O–H groups in total. The van der Waals surface area contributed by atoms with Gasteiger partial charge in [-0.25, -0.2) is 0 Å². The monoisotopic (exact) mass is 163 g/mol. The molecule has 0 saturated carbocycles. The van der Waals surface area contributed by atoms with Crippen LogP contribution in [0.2, 0.25) is 0 Å². The quantitative estimate of drug-likeness (QED) is 0.582. The summed E-state index contributed by atoms with van der Waals surface area (Å²) in [5.74, 6) is 0. The fourth-order valence-corrected chi connectivity index (χ4v) is 1.93. The lowest BCUT2D eigenvalue weighted by molar-refractivity contribution is -0.108. The Morgan fingerprint density at radius 3 is 3.00 bits per heavy atom. The van der Waals surface area contributed by atoms with E-state index in [4.69, 9.17) is 0 Å². The smallest absolute Gasteiger partial charge is 0.197 e. The molecule has 11 heavy (non-hydrogen) atoms. The van der Waals surface area contributed by atoms with E-state index in [2.05, 4.69) is 6.07 Å². The van der Waals surface area contributed by atoms with E-state index in [-0.39, 0.29) is 5.12 Å². The number of fused-ring (bicyclic) bond motifs is 1. The molecule has 1 radical (unpaired) electrons. The average Bonchev–Trinajstić information content (AvgIpc) is 2.04. The summed E-state index contributed by atoms with van der Waals surface area (Å²) in [6, 6.07) is 8.02. The van der Waals surface area contributed by atoms with Gasteiger partial charge in [0.05, 0.1) is 0 Å². The van der Waals surface area contributed by atoms with Gasteiger partial charge in [0.1, 0.15) is 0 Å². The number of benzene rings is 1. The van der Waals surface area contributed by atoms with E-state index < -0.39 is 0 Å². The molecule has 0 saturated heterocycles.